The quantitative estimate of drug-likeness (QED) is 0.900. The predicted octanol–water partition coefficient (Wildman–Crippen LogP) is 3.89. The predicted molar refractivity (Wildman–Crippen MR) is 83.3 cm³/mol. The van der Waals surface area contributed by atoms with Gasteiger partial charge in [-0.3, -0.25) is 4.90 Å². The third-order valence-electron chi connectivity index (χ3n) is 3.87. The van der Waals surface area contributed by atoms with E-state index in [2.05, 4.69) is 52.3 Å². The van der Waals surface area contributed by atoms with Gasteiger partial charge in [0.2, 0.25) is 0 Å². The summed E-state index contributed by atoms with van der Waals surface area (Å²) in [6, 6.07) is 5.09. The van der Waals surface area contributed by atoms with Gasteiger partial charge in [0, 0.05) is 10.9 Å². The number of rotatable bonds is 4. The smallest absolute Gasteiger partial charge is 0.0701 e. The molecule has 0 spiro atoms. The number of nitrogens with one attached hydrogen (secondary N) is 1. The molecule has 2 nitrogen and oxygen atoms in total. The van der Waals surface area contributed by atoms with E-state index >= 15 is 0 Å². The zero-order valence-electron chi connectivity index (χ0n) is 11.3. The molecule has 1 aromatic heterocycles. The Morgan fingerprint density at radius 3 is 2.89 bits per heavy atom. The van der Waals surface area contributed by atoms with Crippen LogP contribution in [-0.2, 0) is 0 Å². The van der Waals surface area contributed by atoms with Crippen molar-refractivity contribution in [2.45, 2.75) is 32.2 Å². The lowest BCUT2D eigenvalue weighted by atomic mass is 9.93. The third kappa shape index (κ3) is 3.35. The Morgan fingerprint density at radius 1 is 1.44 bits per heavy atom. The van der Waals surface area contributed by atoms with Crippen LogP contribution >= 0.6 is 27.3 Å². The van der Waals surface area contributed by atoms with E-state index in [4.69, 9.17) is 0 Å². The van der Waals surface area contributed by atoms with Gasteiger partial charge in [0.1, 0.15) is 0 Å². The largest absolute Gasteiger partial charge is 0.319 e. The van der Waals surface area contributed by atoms with Crippen molar-refractivity contribution in [3.63, 3.8) is 0 Å². The highest BCUT2D eigenvalue weighted by Gasteiger charge is 2.30. The number of hydrogen-bond donors (Lipinski definition) is 1. The zero-order valence-corrected chi connectivity index (χ0v) is 13.7. The van der Waals surface area contributed by atoms with E-state index in [-0.39, 0.29) is 0 Å². The summed E-state index contributed by atoms with van der Waals surface area (Å²) in [5.74, 6) is 0.739. The first-order valence-electron chi connectivity index (χ1n) is 6.90. The molecular formula is C14H23BrN2S. The van der Waals surface area contributed by atoms with Gasteiger partial charge in [-0.2, -0.15) is 0 Å². The lowest BCUT2D eigenvalue weighted by Crippen LogP contribution is -2.35. The molecule has 0 aromatic carbocycles. The minimum absolute atomic E-state index is 0.598. The Hall–Kier alpha value is 0.1000. The average molecular weight is 331 g/mol. The molecule has 0 amide bonds. The van der Waals surface area contributed by atoms with Crippen molar-refractivity contribution in [2.75, 3.05) is 26.7 Å². The maximum atomic E-state index is 3.60. The van der Waals surface area contributed by atoms with Crippen LogP contribution in [0.25, 0.3) is 0 Å². The molecule has 2 unspecified atom stereocenters. The fourth-order valence-electron chi connectivity index (χ4n) is 3.05. The molecule has 2 rings (SSSR count). The lowest BCUT2D eigenvalue weighted by molar-refractivity contribution is 0.165. The van der Waals surface area contributed by atoms with Gasteiger partial charge in [0.15, 0.2) is 0 Å². The van der Waals surface area contributed by atoms with Crippen LogP contribution in [0.3, 0.4) is 0 Å². The molecule has 2 atom stereocenters. The summed E-state index contributed by atoms with van der Waals surface area (Å²) in [4.78, 5) is 4.18. The summed E-state index contributed by atoms with van der Waals surface area (Å²) < 4.78 is 1.25. The van der Waals surface area contributed by atoms with Crippen molar-refractivity contribution in [2.24, 2.45) is 5.92 Å². The number of hydrogen-bond acceptors (Lipinski definition) is 3. The highest BCUT2D eigenvalue weighted by molar-refractivity contribution is 9.11. The standard InChI is InChI=1S/C14H23BrN2S/c1-3-17-9-5-4-6-11(10-16-2)14(17)12-7-8-13(15)18-12/h7-8,11,14,16H,3-6,9-10H2,1-2H3. The van der Waals surface area contributed by atoms with Gasteiger partial charge in [0.25, 0.3) is 0 Å². The summed E-state index contributed by atoms with van der Waals surface area (Å²) in [5.41, 5.74) is 0. The Morgan fingerprint density at radius 2 is 2.28 bits per heavy atom. The van der Waals surface area contributed by atoms with E-state index in [1.807, 2.05) is 11.3 Å². The minimum Gasteiger partial charge on any atom is -0.319 e. The Labute approximate surface area is 123 Å². The highest BCUT2D eigenvalue weighted by Crippen LogP contribution is 2.39. The molecule has 102 valence electrons. The van der Waals surface area contributed by atoms with Crippen molar-refractivity contribution in [3.8, 4) is 0 Å². The Kier molecular flexibility index (Phi) is 5.67. The molecule has 0 bridgehead atoms. The number of halogens is 1. The molecule has 1 aliphatic rings. The second-order valence-electron chi connectivity index (χ2n) is 5.03. The molecule has 1 N–H and O–H groups in total. The summed E-state index contributed by atoms with van der Waals surface area (Å²) in [7, 11) is 2.07. The van der Waals surface area contributed by atoms with Crippen molar-refractivity contribution < 1.29 is 0 Å². The van der Waals surface area contributed by atoms with Crippen LogP contribution < -0.4 is 5.32 Å². The molecule has 4 heteroatoms. The molecule has 1 aromatic rings. The second-order valence-corrected chi connectivity index (χ2v) is 7.52. The van der Waals surface area contributed by atoms with Gasteiger partial charge >= 0.3 is 0 Å². The molecule has 0 saturated carbocycles. The van der Waals surface area contributed by atoms with Gasteiger partial charge in [0.05, 0.1) is 3.79 Å². The molecule has 0 radical (unpaired) electrons. The van der Waals surface area contributed by atoms with Gasteiger partial charge in [-0.25, -0.2) is 0 Å². The summed E-state index contributed by atoms with van der Waals surface area (Å²) in [5, 5.41) is 3.38. The van der Waals surface area contributed by atoms with E-state index in [1.165, 1.54) is 34.5 Å². The molecule has 1 fully saturated rings. The summed E-state index contributed by atoms with van der Waals surface area (Å²) >= 11 is 5.50. The lowest BCUT2D eigenvalue weighted by Gasteiger charge is -2.33. The zero-order chi connectivity index (χ0) is 13.0. The third-order valence-corrected chi connectivity index (χ3v) is 5.56. The minimum atomic E-state index is 0.598. The molecule has 1 saturated heterocycles. The van der Waals surface area contributed by atoms with Crippen LogP contribution in [0, 0.1) is 5.92 Å². The second kappa shape index (κ2) is 7.04. The number of likely N-dealkylation sites (tertiary alicyclic amines) is 1. The maximum Gasteiger partial charge on any atom is 0.0701 e. The van der Waals surface area contributed by atoms with Crippen LogP contribution in [0.15, 0.2) is 15.9 Å². The first kappa shape index (κ1) is 14.5. The maximum absolute atomic E-state index is 3.60. The van der Waals surface area contributed by atoms with Gasteiger partial charge in [-0.1, -0.05) is 13.3 Å². The number of thiophene rings is 1. The first-order valence-corrected chi connectivity index (χ1v) is 8.51. The van der Waals surface area contributed by atoms with Crippen molar-refractivity contribution in [3.05, 3.63) is 20.8 Å². The molecule has 18 heavy (non-hydrogen) atoms. The highest BCUT2D eigenvalue weighted by atomic mass is 79.9. The molecule has 1 aliphatic heterocycles. The molecule has 2 heterocycles. The average Bonchev–Trinajstić information content (AvgIpc) is 2.68. The van der Waals surface area contributed by atoms with Crippen LogP contribution in [0.4, 0.5) is 0 Å². The van der Waals surface area contributed by atoms with Crippen LogP contribution in [0.2, 0.25) is 0 Å². The van der Waals surface area contributed by atoms with Gasteiger partial charge < -0.3 is 5.32 Å². The fraction of sp³-hybridized carbons (Fsp3) is 0.714. The van der Waals surface area contributed by atoms with E-state index in [1.54, 1.807) is 0 Å². The fourth-order valence-corrected chi connectivity index (χ4v) is 4.70. The van der Waals surface area contributed by atoms with E-state index < -0.39 is 0 Å². The van der Waals surface area contributed by atoms with E-state index in [0.717, 1.165) is 19.0 Å². The van der Waals surface area contributed by atoms with Gasteiger partial charge in [-0.15, -0.1) is 11.3 Å². The van der Waals surface area contributed by atoms with Crippen LogP contribution in [-0.4, -0.2) is 31.6 Å². The Balaban J connectivity index is 2.25. The molecule has 0 aliphatic carbocycles. The van der Waals surface area contributed by atoms with Crippen molar-refractivity contribution in [1.29, 1.82) is 0 Å². The monoisotopic (exact) mass is 330 g/mol. The van der Waals surface area contributed by atoms with Crippen molar-refractivity contribution >= 4 is 27.3 Å². The van der Waals surface area contributed by atoms with E-state index in [0.29, 0.717) is 6.04 Å². The van der Waals surface area contributed by atoms with Crippen LogP contribution in [0.5, 0.6) is 0 Å². The number of nitrogens with zero attached hydrogens (tertiary/aromatic N) is 1. The molecular weight excluding hydrogens is 308 g/mol. The summed E-state index contributed by atoms with van der Waals surface area (Å²) in [6.07, 6.45) is 4.06. The van der Waals surface area contributed by atoms with Crippen LogP contribution in [0.1, 0.15) is 37.1 Å². The van der Waals surface area contributed by atoms with E-state index in [9.17, 15) is 0 Å². The first-order chi connectivity index (χ1) is 8.76. The Bertz CT molecular complexity index is 366. The normalized spacial score (nSPS) is 26.2. The SMILES string of the molecule is CCN1CCCCC(CNC)C1c1ccc(Br)s1. The van der Waals surface area contributed by atoms with Crippen molar-refractivity contribution in [1.82, 2.24) is 10.2 Å². The summed E-state index contributed by atoms with van der Waals surface area (Å²) in [6.45, 7) is 5.81. The van der Waals surface area contributed by atoms with Gasteiger partial charge in [-0.05, 0) is 73.5 Å². The topological polar surface area (TPSA) is 15.3 Å².